The lowest BCUT2D eigenvalue weighted by Crippen LogP contribution is -2.30. The van der Waals surface area contributed by atoms with E-state index < -0.39 is 6.10 Å². The molecule has 6 heteroatoms. The largest absolute Gasteiger partial charge is 0.462 e. The molecule has 70 heavy (non-hydrogen) atoms. The molecule has 0 aromatic rings. The third kappa shape index (κ3) is 55.3. The van der Waals surface area contributed by atoms with Crippen LogP contribution in [0.3, 0.4) is 0 Å². The topological polar surface area (TPSA) is 78.9 Å². The van der Waals surface area contributed by atoms with Crippen molar-refractivity contribution < 1.29 is 28.6 Å². The molecular formula is C64H108O6. The van der Waals surface area contributed by atoms with Gasteiger partial charge in [-0.15, -0.1) is 0 Å². The molecule has 400 valence electrons. The molecule has 0 aromatic carbocycles. The summed E-state index contributed by atoms with van der Waals surface area (Å²) in [4.78, 5) is 38.1. The van der Waals surface area contributed by atoms with Crippen LogP contribution in [0.1, 0.15) is 271 Å². The van der Waals surface area contributed by atoms with Crippen LogP contribution in [0.5, 0.6) is 0 Å². The lowest BCUT2D eigenvalue weighted by molar-refractivity contribution is -0.167. The van der Waals surface area contributed by atoms with Crippen molar-refractivity contribution in [2.24, 2.45) is 0 Å². The number of carbonyl (C=O) groups excluding carboxylic acids is 3. The first-order valence-electron chi connectivity index (χ1n) is 29.2. The Morgan fingerprint density at radius 2 is 0.557 bits per heavy atom. The fraction of sp³-hybridized carbons (Fsp3) is 0.703. The van der Waals surface area contributed by atoms with Crippen LogP contribution in [0.4, 0.5) is 0 Å². The summed E-state index contributed by atoms with van der Waals surface area (Å²) in [6.45, 7) is 6.35. The van der Waals surface area contributed by atoms with Gasteiger partial charge in [0, 0.05) is 19.3 Å². The van der Waals surface area contributed by atoms with Gasteiger partial charge in [0.15, 0.2) is 6.10 Å². The number of esters is 3. The first kappa shape index (κ1) is 66.3. The molecule has 0 N–H and O–H groups in total. The van der Waals surface area contributed by atoms with Crippen LogP contribution in [0.15, 0.2) is 97.2 Å². The van der Waals surface area contributed by atoms with Crippen LogP contribution in [0.2, 0.25) is 0 Å². The van der Waals surface area contributed by atoms with Gasteiger partial charge in [0.25, 0.3) is 0 Å². The SMILES string of the molecule is CC/C=C\C/C=C\C/C=C\C/C=C\CCCCCCCCCCCCCCC(=O)OCC(COC(=O)CCCCCCC/C=C\CCC)OC(=O)CCCCCCCCC/C=C\C/C=C\C/C=C\CC. The fourth-order valence-electron chi connectivity index (χ4n) is 7.98. The van der Waals surface area contributed by atoms with E-state index in [0.29, 0.717) is 19.3 Å². The number of allylic oxidation sites excluding steroid dienone is 16. The van der Waals surface area contributed by atoms with Gasteiger partial charge < -0.3 is 14.2 Å². The molecule has 6 nitrogen and oxygen atoms in total. The van der Waals surface area contributed by atoms with Crippen LogP contribution < -0.4 is 0 Å². The average Bonchev–Trinajstić information content (AvgIpc) is 3.36. The smallest absolute Gasteiger partial charge is 0.306 e. The van der Waals surface area contributed by atoms with Crippen molar-refractivity contribution in [1.82, 2.24) is 0 Å². The Balaban J connectivity index is 4.26. The highest BCUT2D eigenvalue weighted by molar-refractivity contribution is 5.71. The monoisotopic (exact) mass is 973 g/mol. The molecular weight excluding hydrogens is 865 g/mol. The quantitative estimate of drug-likeness (QED) is 0.0262. The maximum atomic E-state index is 12.8. The summed E-state index contributed by atoms with van der Waals surface area (Å²) in [7, 11) is 0. The molecule has 0 saturated carbocycles. The third-order valence-electron chi connectivity index (χ3n) is 12.3. The molecule has 0 aromatic heterocycles. The van der Waals surface area contributed by atoms with Crippen LogP contribution >= 0.6 is 0 Å². The van der Waals surface area contributed by atoms with Crippen molar-refractivity contribution >= 4 is 17.9 Å². The molecule has 1 atom stereocenters. The summed E-state index contributed by atoms with van der Waals surface area (Å²) >= 11 is 0. The number of ether oxygens (including phenoxy) is 3. The predicted octanol–water partition coefficient (Wildman–Crippen LogP) is 19.7. The van der Waals surface area contributed by atoms with Crippen LogP contribution in [-0.4, -0.2) is 37.2 Å². The van der Waals surface area contributed by atoms with E-state index in [2.05, 4.69) is 118 Å². The highest BCUT2D eigenvalue weighted by atomic mass is 16.6. The van der Waals surface area contributed by atoms with Gasteiger partial charge in [-0.1, -0.05) is 240 Å². The highest BCUT2D eigenvalue weighted by Gasteiger charge is 2.19. The van der Waals surface area contributed by atoms with Crippen molar-refractivity contribution in [1.29, 1.82) is 0 Å². The van der Waals surface area contributed by atoms with Gasteiger partial charge in [0.2, 0.25) is 0 Å². The van der Waals surface area contributed by atoms with E-state index in [9.17, 15) is 14.4 Å². The van der Waals surface area contributed by atoms with Gasteiger partial charge in [0.1, 0.15) is 13.2 Å². The molecule has 0 aliphatic heterocycles. The van der Waals surface area contributed by atoms with Gasteiger partial charge in [0.05, 0.1) is 0 Å². The zero-order chi connectivity index (χ0) is 50.7. The zero-order valence-electron chi connectivity index (χ0n) is 45.8. The van der Waals surface area contributed by atoms with Crippen molar-refractivity contribution in [3.05, 3.63) is 97.2 Å². The van der Waals surface area contributed by atoms with Gasteiger partial charge in [-0.05, 0) is 109 Å². The molecule has 0 radical (unpaired) electrons. The van der Waals surface area contributed by atoms with Crippen molar-refractivity contribution in [3.63, 3.8) is 0 Å². The third-order valence-corrected chi connectivity index (χ3v) is 12.3. The Morgan fingerprint density at radius 3 is 0.886 bits per heavy atom. The van der Waals surface area contributed by atoms with Crippen molar-refractivity contribution in [2.45, 2.75) is 277 Å². The Kier molecular flexibility index (Phi) is 54.9. The Hall–Kier alpha value is -3.67. The second-order valence-corrected chi connectivity index (χ2v) is 19.1. The van der Waals surface area contributed by atoms with Gasteiger partial charge in [-0.3, -0.25) is 14.4 Å². The molecule has 0 rings (SSSR count). The molecule has 0 saturated heterocycles. The first-order chi connectivity index (χ1) is 34.5. The van der Waals surface area contributed by atoms with E-state index in [-0.39, 0.29) is 31.1 Å². The van der Waals surface area contributed by atoms with E-state index in [1.807, 2.05) is 0 Å². The summed E-state index contributed by atoms with van der Waals surface area (Å²) in [6, 6.07) is 0. The van der Waals surface area contributed by atoms with Gasteiger partial charge in [-0.2, -0.15) is 0 Å². The Labute approximate surface area is 432 Å². The number of rotatable bonds is 52. The van der Waals surface area contributed by atoms with E-state index in [0.717, 1.165) is 122 Å². The van der Waals surface area contributed by atoms with E-state index >= 15 is 0 Å². The summed E-state index contributed by atoms with van der Waals surface area (Å²) in [5.74, 6) is -0.904. The lowest BCUT2D eigenvalue weighted by atomic mass is 10.0. The fourth-order valence-corrected chi connectivity index (χ4v) is 7.98. The van der Waals surface area contributed by atoms with Crippen molar-refractivity contribution in [2.75, 3.05) is 13.2 Å². The number of unbranched alkanes of at least 4 members (excludes halogenated alkanes) is 25. The van der Waals surface area contributed by atoms with Gasteiger partial charge in [-0.25, -0.2) is 0 Å². The minimum atomic E-state index is -0.787. The second-order valence-electron chi connectivity index (χ2n) is 19.1. The predicted molar refractivity (Wildman–Crippen MR) is 302 cm³/mol. The number of hydrogen-bond donors (Lipinski definition) is 0. The molecule has 0 bridgehead atoms. The minimum absolute atomic E-state index is 0.0849. The van der Waals surface area contributed by atoms with Crippen molar-refractivity contribution in [3.8, 4) is 0 Å². The Morgan fingerprint density at radius 1 is 0.300 bits per heavy atom. The zero-order valence-corrected chi connectivity index (χ0v) is 45.8. The molecule has 0 heterocycles. The van der Waals surface area contributed by atoms with E-state index in [4.69, 9.17) is 14.2 Å². The van der Waals surface area contributed by atoms with E-state index in [1.165, 1.54) is 109 Å². The standard InChI is InChI=1S/C64H108O6/c1-4-7-10-13-16-19-22-24-26-28-29-30-31-32-33-34-35-37-38-40-42-45-48-51-54-57-63(66)69-60-61(59-68-62(65)56-53-50-47-44-21-18-15-12-9-6-3)70-64(67)58-55-52-49-46-43-41-39-36-27-25-23-20-17-14-11-8-5-2/h7-8,10-12,15-17,19-20,24-27,29-30,61H,4-6,9,13-14,18,21-23,28,31-60H2,1-3H3/b10-7-,11-8-,15-12-,19-16-,20-17-,26-24-,27-25-,30-29-. The van der Waals surface area contributed by atoms with Crippen LogP contribution in [0, 0.1) is 0 Å². The molecule has 0 aliphatic carbocycles. The number of carbonyl (C=O) groups is 3. The van der Waals surface area contributed by atoms with Crippen LogP contribution in [0.25, 0.3) is 0 Å². The summed E-state index contributed by atoms with van der Waals surface area (Å²) in [5, 5.41) is 0. The minimum Gasteiger partial charge on any atom is -0.462 e. The lowest BCUT2D eigenvalue weighted by Gasteiger charge is -2.18. The van der Waals surface area contributed by atoms with Gasteiger partial charge >= 0.3 is 17.9 Å². The first-order valence-corrected chi connectivity index (χ1v) is 29.2. The second kappa shape index (κ2) is 57.9. The molecule has 0 aliphatic rings. The Bertz CT molecular complexity index is 1400. The maximum absolute atomic E-state index is 12.8. The normalized spacial score (nSPS) is 12.8. The summed E-state index contributed by atoms with van der Waals surface area (Å²) in [6.07, 6.45) is 77.0. The summed E-state index contributed by atoms with van der Waals surface area (Å²) < 4.78 is 16.8. The maximum Gasteiger partial charge on any atom is 0.306 e. The van der Waals surface area contributed by atoms with Crippen LogP contribution in [-0.2, 0) is 28.6 Å². The molecule has 0 amide bonds. The summed E-state index contributed by atoms with van der Waals surface area (Å²) in [5.41, 5.74) is 0. The molecule has 0 spiro atoms. The molecule has 0 fully saturated rings. The molecule has 1 unspecified atom stereocenters. The number of hydrogen-bond acceptors (Lipinski definition) is 6. The van der Waals surface area contributed by atoms with E-state index in [1.54, 1.807) is 0 Å². The highest BCUT2D eigenvalue weighted by Crippen LogP contribution is 2.15. The average molecular weight is 974 g/mol.